The van der Waals surface area contributed by atoms with Crippen LogP contribution < -0.4 is 0 Å². The van der Waals surface area contributed by atoms with E-state index in [1.807, 2.05) is 0 Å². The van der Waals surface area contributed by atoms with Crippen molar-refractivity contribution in [1.82, 2.24) is 14.5 Å². The van der Waals surface area contributed by atoms with Crippen molar-refractivity contribution >= 4 is 11.9 Å². The Morgan fingerprint density at radius 3 is 2.71 bits per heavy atom. The maximum absolute atomic E-state index is 12.5. The standard InChI is InChI=1S/C14H21N3O4/c1-14(2,3)21-13(19)17-7-8-20-9-10(17)11(18)12-15-5-6-16(12)4/h5-6,10H,7-9H2,1-4H3. The molecule has 2 heterocycles. The Kier molecular flexibility index (Phi) is 4.32. The first-order valence-electron chi connectivity index (χ1n) is 6.88. The third-order valence-corrected chi connectivity index (χ3v) is 3.10. The van der Waals surface area contributed by atoms with Gasteiger partial charge in [0.15, 0.2) is 5.82 Å². The number of amides is 1. The molecule has 21 heavy (non-hydrogen) atoms. The maximum atomic E-state index is 12.5. The number of hydrogen-bond donors (Lipinski definition) is 0. The summed E-state index contributed by atoms with van der Waals surface area (Å²) in [6.45, 7) is 6.26. The van der Waals surface area contributed by atoms with Gasteiger partial charge in [-0.25, -0.2) is 9.78 Å². The summed E-state index contributed by atoms with van der Waals surface area (Å²) in [5.41, 5.74) is -0.605. The van der Waals surface area contributed by atoms with Crippen molar-refractivity contribution in [2.24, 2.45) is 7.05 Å². The van der Waals surface area contributed by atoms with Gasteiger partial charge in [-0.15, -0.1) is 0 Å². The summed E-state index contributed by atoms with van der Waals surface area (Å²) in [4.78, 5) is 30.3. The van der Waals surface area contributed by atoms with Gasteiger partial charge in [0.05, 0.1) is 13.2 Å². The number of aromatic nitrogens is 2. The van der Waals surface area contributed by atoms with Gasteiger partial charge in [-0.05, 0) is 20.8 Å². The minimum atomic E-state index is -0.699. The molecule has 116 valence electrons. The second-order valence-electron chi connectivity index (χ2n) is 5.99. The van der Waals surface area contributed by atoms with Crippen molar-refractivity contribution in [3.05, 3.63) is 18.2 Å². The van der Waals surface area contributed by atoms with Crippen LogP contribution in [0.25, 0.3) is 0 Å². The molecule has 7 nitrogen and oxygen atoms in total. The molecule has 0 N–H and O–H groups in total. The summed E-state index contributed by atoms with van der Waals surface area (Å²) >= 11 is 0. The molecule has 0 radical (unpaired) electrons. The van der Waals surface area contributed by atoms with Crippen molar-refractivity contribution < 1.29 is 19.1 Å². The number of rotatable bonds is 2. The zero-order valence-corrected chi connectivity index (χ0v) is 12.8. The molecule has 2 rings (SSSR count). The zero-order valence-electron chi connectivity index (χ0n) is 12.8. The molecular formula is C14H21N3O4. The van der Waals surface area contributed by atoms with E-state index in [2.05, 4.69) is 4.98 Å². The number of nitrogens with zero attached hydrogens (tertiary/aromatic N) is 3. The van der Waals surface area contributed by atoms with Gasteiger partial charge in [-0.1, -0.05) is 0 Å². The van der Waals surface area contributed by atoms with Crippen molar-refractivity contribution in [2.45, 2.75) is 32.4 Å². The topological polar surface area (TPSA) is 73.7 Å². The van der Waals surface area contributed by atoms with Gasteiger partial charge in [-0.2, -0.15) is 0 Å². The second kappa shape index (κ2) is 5.85. The van der Waals surface area contributed by atoms with E-state index in [-0.39, 0.29) is 12.4 Å². The number of aryl methyl sites for hydroxylation is 1. The molecule has 1 aromatic heterocycles. The van der Waals surface area contributed by atoms with Crippen LogP contribution in [-0.2, 0) is 16.5 Å². The Labute approximate surface area is 123 Å². The molecule has 1 atom stereocenters. The fraction of sp³-hybridized carbons (Fsp3) is 0.643. The molecule has 0 spiro atoms. The number of carbonyl (C=O) groups is 2. The van der Waals surface area contributed by atoms with Crippen molar-refractivity contribution in [2.75, 3.05) is 19.8 Å². The molecule has 1 unspecified atom stereocenters. The summed E-state index contributed by atoms with van der Waals surface area (Å²) in [6, 6.07) is -0.699. The van der Waals surface area contributed by atoms with E-state index in [1.54, 1.807) is 44.8 Å². The average Bonchev–Trinajstić information content (AvgIpc) is 2.82. The number of carbonyl (C=O) groups excluding carboxylic acids is 2. The number of ether oxygens (including phenoxy) is 2. The SMILES string of the molecule is Cn1ccnc1C(=O)C1COCCN1C(=O)OC(C)(C)C. The highest BCUT2D eigenvalue weighted by Gasteiger charge is 2.37. The van der Waals surface area contributed by atoms with Gasteiger partial charge in [0, 0.05) is 26.0 Å². The first kappa shape index (κ1) is 15.5. The smallest absolute Gasteiger partial charge is 0.411 e. The van der Waals surface area contributed by atoms with Crippen LogP contribution in [-0.4, -0.2) is 57.7 Å². The van der Waals surface area contributed by atoms with Gasteiger partial charge in [0.25, 0.3) is 0 Å². The molecule has 0 aliphatic carbocycles. The Morgan fingerprint density at radius 2 is 2.14 bits per heavy atom. The summed E-state index contributed by atoms with van der Waals surface area (Å²) < 4.78 is 12.3. The molecule has 0 aromatic carbocycles. The minimum absolute atomic E-state index is 0.158. The van der Waals surface area contributed by atoms with Gasteiger partial charge < -0.3 is 14.0 Å². The predicted molar refractivity (Wildman–Crippen MR) is 75.1 cm³/mol. The van der Waals surface area contributed by atoms with E-state index in [1.165, 1.54) is 4.90 Å². The highest BCUT2D eigenvalue weighted by atomic mass is 16.6. The van der Waals surface area contributed by atoms with Crippen LogP contribution in [0.5, 0.6) is 0 Å². The van der Waals surface area contributed by atoms with Crippen LogP contribution in [0.15, 0.2) is 12.4 Å². The van der Waals surface area contributed by atoms with Gasteiger partial charge >= 0.3 is 6.09 Å². The Bertz CT molecular complexity index is 533. The lowest BCUT2D eigenvalue weighted by atomic mass is 10.1. The molecule has 7 heteroatoms. The van der Waals surface area contributed by atoms with Crippen LogP contribution in [0.1, 0.15) is 31.4 Å². The van der Waals surface area contributed by atoms with Gasteiger partial charge in [-0.3, -0.25) is 9.69 Å². The third-order valence-electron chi connectivity index (χ3n) is 3.10. The maximum Gasteiger partial charge on any atom is 0.411 e. The lowest BCUT2D eigenvalue weighted by molar-refractivity contribution is -0.0268. The Hall–Kier alpha value is -1.89. The van der Waals surface area contributed by atoms with E-state index >= 15 is 0 Å². The molecule has 0 saturated carbocycles. The largest absolute Gasteiger partial charge is 0.444 e. The van der Waals surface area contributed by atoms with Crippen LogP contribution in [0.4, 0.5) is 4.79 Å². The molecule has 0 bridgehead atoms. The minimum Gasteiger partial charge on any atom is -0.444 e. The number of imidazole rings is 1. The number of ketones is 1. The third kappa shape index (κ3) is 3.60. The predicted octanol–water partition coefficient (Wildman–Crippen LogP) is 1.24. The first-order valence-corrected chi connectivity index (χ1v) is 6.88. The summed E-state index contributed by atoms with van der Waals surface area (Å²) in [5.74, 6) is 0.0621. The van der Waals surface area contributed by atoms with Crippen LogP contribution in [0, 0.1) is 0 Å². The first-order chi connectivity index (χ1) is 9.79. The van der Waals surface area contributed by atoms with Crippen LogP contribution in [0.3, 0.4) is 0 Å². The molecule has 1 fully saturated rings. The van der Waals surface area contributed by atoms with Crippen molar-refractivity contribution in [3.8, 4) is 0 Å². The summed E-state index contributed by atoms with van der Waals surface area (Å²) in [6.07, 6.45) is 2.74. The molecule has 1 saturated heterocycles. The lowest BCUT2D eigenvalue weighted by Crippen LogP contribution is -2.54. The molecule has 1 aliphatic heterocycles. The quantitative estimate of drug-likeness (QED) is 0.767. The van der Waals surface area contributed by atoms with Crippen molar-refractivity contribution in [1.29, 1.82) is 0 Å². The van der Waals surface area contributed by atoms with Crippen LogP contribution in [0.2, 0.25) is 0 Å². The zero-order chi connectivity index (χ0) is 15.6. The molecular weight excluding hydrogens is 274 g/mol. The highest BCUT2D eigenvalue weighted by Crippen LogP contribution is 2.17. The summed E-state index contributed by atoms with van der Waals surface area (Å²) in [7, 11) is 1.74. The average molecular weight is 295 g/mol. The molecule has 1 amide bonds. The molecule has 1 aliphatic rings. The second-order valence-corrected chi connectivity index (χ2v) is 5.99. The van der Waals surface area contributed by atoms with Crippen molar-refractivity contribution in [3.63, 3.8) is 0 Å². The number of morpholine rings is 1. The van der Waals surface area contributed by atoms with E-state index < -0.39 is 17.7 Å². The monoisotopic (exact) mass is 295 g/mol. The fourth-order valence-electron chi connectivity index (χ4n) is 2.11. The number of hydrogen-bond acceptors (Lipinski definition) is 5. The van der Waals surface area contributed by atoms with Crippen LogP contribution >= 0.6 is 0 Å². The van der Waals surface area contributed by atoms with E-state index in [4.69, 9.17) is 9.47 Å². The van der Waals surface area contributed by atoms with E-state index in [0.29, 0.717) is 19.0 Å². The Morgan fingerprint density at radius 1 is 1.43 bits per heavy atom. The number of Topliss-reactive ketones (excluding diaryl/α,β-unsaturated/α-hetero) is 1. The highest BCUT2D eigenvalue weighted by molar-refractivity contribution is 5.99. The van der Waals surface area contributed by atoms with Gasteiger partial charge in [0.2, 0.25) is 5.78 Å². The fourth-order valence-corrected chi connectivity index (χ4v) is 2.11. The normalized spacial score (nSPS) is 19.4. The van der Waals surface area contributed by atoms with E-state index in [9.17, 15) is 9.59 Å². The Balaban J connectivity index is 2.18. The summed E-state index contributed by atoms with van der Waals surface area (Å²) in [5, 5.41) is 0. The molecule has 1 aromatic rings. The van der Waals surface area contributed by atoms with E-state index in [0.717, 1.165) is 0 Å². The lowest BCUT2D eigenvalue weighted by Gasteiger charge is -2.35. The van der Waals surface area contributed by atoms with Gasteiger partial charge in [0.1, 0.15) is 11.6 Å².